The first-order valence-electron chi connectivity index (χ1n) is 23.5. The Morgan fingerprint density at radius 1 is 0.828 bits per heavy atom. The van der Waals surface area contributed by atoms with E-state index in [2.05, 4.69) is 0 Å². The van der Waals surface area contributed by atoms with Gasteiger partial charge in [-0.1, -0.05) is 71.1 Å². The van der Waals surface area contributed by atoms with Crippen molar-refractivity contribution < 1.29 is 63.0 Å². The molecule has 0 aromatic carbocycles. The van der Waals surface area contributed by atoms with Gasteiger partial charge in [-0.25, -0.2) is 4.79 Å². The Morgan fingerprint density at radius 2 is 1.55 bits per heavy atom. The van der Waals surface area contributed by atoms with Gasteiger partial charge in [0.15, 0.2) is 17.7 Å². The van der Waals surface area contributed by atoms with E-state index >= 15 is 0 Å². The largest absolute Gasteiger partial charge is 0.453 e. The minimum atomic E-state index is -2.44. The number of Topliss-reactive ketones (excluding diaryl/α,β-unsaturated/α-hetero) is 3. The Hall–Kier alpha value is -3.37. The molecule has 3 aliphatic heterocycles. The molecule has 1 aliphatic carbocycles. The van der Waals surface area contributed by atoms with Crippen molar-refractivity contribution in [3.63, 3.8) is 0 Å². The number of aliphatic hydroxyl groups is 3. The Balaban J connectivity index is 1.73. The lowest BCUT2D eigenvalue weighted by Gasteiger charge is -2.42. The van der Waals surface area contributed by atoms with E-state index in [0.29, 0.717) is 69.8 Å². The van der Waals surface area contributed by atoms with Crippen LogP contribution in [0.2, 0.25) is 0 Å². The zero-order valence-corrected chi connectivity index (χ0v) is 39.9. The molecular weight excluding hydrogens is 823 g/mol. The number of allylic oxidation sites excluding steroid dienone is 6. The Labute approximate surface area is 380 Å². The second kappa shape index (κ2) is 24.4. The van der Waals surface area contributed by atoms with Gasteiger partial charge in [0.25, 0.3) is 11.7 Å². The van der Waals surface area contributed by atoms with E-state index < -0.39 is 95.6 Å². The van der Waals surface area contributed by atoms with Crippen molar-refractivity contribution in [3.8, 4) is 0 Å². The first kappa shape index (κ1) is 53.2. The van der Waals surface area contributed by atoms with Crippen molar-refractivity contribution in [2.45, 2.75) is 174 Å². The van der Waals surface area contributed by atoms with Crippen LogP contribution < -0.4 is 0 Å². The molecule has 360 valence electrons. The molecule has 15 atom stereocenters. The van der Waals surface area contributed by atoms with E-state index in [4.69, 9.17) is 23.7 Å². The standard InChI is InChI=1S/C50H77NO13/c1-29-16-12-11-13-17-30(2)40(60-8)28-37-21-19-35(7)50(59,64-37)47(56)48(57)51-23-15-14-18-38(51)49(58)63-45(34(6)26-36-20-22-39(52)41(27-36)61-9)42(53)32(4)25-33(5)44(55)46(62-10)43(54)31(3)24-29/h11-13,16-17,25,29,31-32,34-41,44-46,52,55,59H,14-15,18-24,26-28H2,1-10H3/b13-11+,16-12+,30-17?,33-25+/t29?,31-,32-,34-,35-,36+,37+,38+,39-,40?,41-,44-,45-,46+,50-/m1/s1. The van der Waals surface area contributed by atoms with Crippen molar-refractivity contribution in [2.75, 3.05) is 27.9 Å². The highest BCUT2D eigenvalue weighted by Crippen LogP contribution is 2.38. The minimum absolute atomic E-state index is 0.0109. The number of methoxy groups -OCH3 is 3. The maximum atomic E-state index is 14.6. The maximum Gasteiger partial charge on any atom is 0.329 e. The summed E-state index contributed by atoms with van der Waals surface area (Å²) < 4.78 is 29.3. The van der Waals surface area contributed by atoms with Gasteiger partial charge in [0.1, 0.15) is 18.2 Å². The first-order valence-corrected chi connectivity index (χ1v) is 23.5. The number of carbonyl (C=O) groups excluding carboxylic acids is 5. The molecule has 2 unspecified atom stereocenters. The van der Waals surface area contributed by atoms with Gasteiger partial charge >= 0.3 is 5.97 Å². The molecular formula is C50H77NO13. The molecule has 0 aromatic heterocycles. The predicted octanol–water partition coefficient (Wildman–Crippen LogP) is 5.79. The van der Waals surface area contributed by atoms with Crippen LogP contribution in [-0.4, -0.2) is 132 Å². The molecule has 4 rings (SSSR count). The smallest absolute Gasteiger partial charge is 0.329 e. The summed E-state index contributed by atoms with van der Waals surface area (Å²) in [4.78, 5) is 72.3. The quantitative estimate of drug-likeness (QED) is 0.165. The molecule has 0 spiro atoms. The lowest BCUT2D eigenvalue weighted by molar-refractivity contribution is -0.265. The zero-order valence-electron chi connectivity index (χ0n) is 39.9. The van der Waals surface area contributed by atoms with Crippen LogP contribution in [-0.2, 0) is 47.7 Å². The Bertz CT molecular complexity index is 1740. The SMILES string of the molecule is COC1C[C@@H]2CC[C@@H](C)[C@@](O)(O2)C(=O)C(=O)N2CCCC[C@H]2C(=O)O[C@H]([C@H](C)C[C@@H]2CC[C@@H](O)[C@H](OC)C2)C(=O)[C@H](C)/C=C(\C)[C@@H](O)[C@@H](OC)C(=O)[C@H](C)CC(C)/C=C/C=C/C=C1C. The number of hydrogen-bond donors (Lipinski definition) is 3. The topological polar surface area (TPSA) is 195 Å². The monoisotopic (exact) mass is 900 g/mol. The average molecular weight is 900 g/mol. The molecule has 3 fully saturated rings. The Kier molecular flexibility index (Phi) is 20.3. The van der Waals surface area contributed by atoms with Crippen molar-refractivity contribution >= 4 is 29.2 Å². The second-order valence-corrected chi connectivity index (χ2v) is 19.2. The average Bonchev–Trinajstić information content (AvgIpc) is 3.27. The fraction of sp³-hybridized carbons (Fsp3) is 0.740. The molecule has 3 N–H and O–H groups in total. The number of amides is 1. The summed E-state index contributed by atoms with van der Waals surface area (Å²) in [6.07, 6.45) is 10.4. The molecule has 64 heavy (non-hydrogen) atoms. The number of rotatable bonds is 6. The predicted molar refractivity (Wildman–Crippen MR) is 241 cm³/mol. The molecule has 0 radical (unpaired) electrons. The molecule has 2 bridgehead atoms. The molecule has 14 nitrogen and oxygen atoms in total. The number of ketones is 3. The number of cyclic esters (lactones) is 1. The van der Waals surface area contributed by atoms with E-state index in [1.54, 1.807) is 48.0 Å². The fourth-order valence-electron chi connectivity index (χ4n) is 10.0. The molecule has 3 heterocycles. The van der Waals surface area contributed by atoms with Crippen molar-refractivity contribution in [1.29, 1.82) is 0 Å². The summed E-state index contributed by atoms with van der Waals surface area (Å²) >= 11 is 0. The van der Waals surface area contributed by atoms with E-state index in [1.807, 2.05) is 51.2 Å². The molecule has 1 saturated carbocycles. The highest BCUT2D eigenvalue weighted by molar-refractivity contribution is 6.39. The van der Waals surface area contributed by atoms with Gasteiger partial charge in [-0.3, -0.25) is 19.2 Å². The van der Waals surface area contributed by atoms with E-state index in [-0.39, 0.29) is 36.7 Å². The second-order valence-electron chi connectivity index (χ2n) is 19.2. The van der Waals surface area contributed by atoms with Gasteiger partial charge < -0.3 is 43.9 Å². The number of fused-ring (bicyclic) bond motifs is 3. The van der Waals surface area contributed by atoms with Crippen molar-refractivity contribution in [3.05, 3.63) is 47.6 Å². The fourth-order valence-corrected chi connectivity index (χ4v) is 10.0. The van der Waals surface area contributed by atoms with E-state index in [0.717, 1.165) is 10.5 Å². The number of esters is 1. The lowest BCUT2D eigenvalue weighted by atomic mass is 9.78. The van der Waals surface area contributed by atoms with Crippen LogP contribution in [0.1, 0.15) is 119 Å². The summed E-state index contributed by atoms with van der Waals surface area (Å²) in [7, 11) is 4.49. The van der Waals surface area contributed by atoms with Crippen LogP contribution in [0.15, 0.2) is 47.6 Å². The van der Waals surface area contributed by atoms with Crippen molar-refractivity contribution in [1.82, 2.24) is 4.90 Å². The van der Waals surface area contributed by atoms with Crippen LogP contribution in [0.25, 0.3) is 0 Å². The molecule has 14 heteroatoms. The zero-order chi connectivity index (χ0) is 47.5. The number of nitrogens with zero attached hydrogens (tertiary/aromatic N) is 1. The highest BCUT2D eigenvalue weighted by atomic mass is 16.6. The molecule has 1 amide bonds. The van der Waals surface area contributed by atoms with Crippen LogP contribution in [0, 0.1) is 35.5 Å². The van der Waals surface area contributed by atoms with Crippen LogP contribution >= 0.6 is 0 Å². The first-order chi connectivity index (χ1) is 30.3. The number of carbonyl (C=O) groups is 5. The van der Waals surface area contributed by atoms with Crippen LogP contribution in [0.4, 0.5) is 0 Å². The van der Waals surface area contributed by atoms with E-state index in [1.165, 1.54) is 7.11 Å². The third-order valence-electron chi connectivity index (χ3n) is 14.2. The van der Waals surface area contributed by atoms with Crippen molar-refractivity contribution in [2.24, 2.45) is 35.5 Å². The normalized spacial score (nSPS) is 39.9. The van der Waals surface area contributed by atoms with Gasteiger partial charge in [0, 0.05) is 58.0 Å². The van der Waals surface area contributed by atoms with Crippen LogP contribution in [0.5, 0.6) is 0 Å². The summed E-state index contributed by atoms with van der Waals surface area (Å²) in [6, 6.07) is -1.21. The van der Waals surface area contributed by atoms with Gasteiger partial charge in [0.05, 0.1) is 24.4 Å². The third-order valence-corrected chi connectivity index (χ3v) is 14.2. The highest BCUT2D eigenvalue weighted by Gasteiger charge is 2.53. The number of ether oxygens (including phenoxy) is 5. The summed E-state index contributed by atoms with van der Waals surface area (Å²) in [5.41, 5.74) is 1.21. The number of hydrogen-bond acceptors (Lipinski definition) is 13. The summed E-state index contributed by atoms with van der Waals surface area (Å²) in [6.45, 7) is 12.5. The lowest BCUT2D eigenvalue weighted by Crippen LogP contribution is -2.61. The minimum Gasteiger partial charge on any atom is -0.453 e. The number of aliphatic hydroxyl groups excluding tert-OH is 2. The molecule has 2 saturated heterocycles. The molecule has 0 aromatic rings. The number of piperidine rings is 1. The summed E-state index contributed by atoms with van der Waals surface area (Å²) in [5.74, 6) is -8.76. The van der Waals surface area contributed by atoms with E-state index in [9.17, 15) is 39.3 Å². The Morgan fingerprint density at radius 3 is 2.22 bits per heavy atom. The van der Waals surface area contributed by atoms with Crippen LogP contribution in [0.3, 0.4) is 0 Å². The molecule has 4 aliphatic rings. The van der Waals surface area contributed by atoms with Gasteiger partial charge in [-0.2, -0.15) is 0 Å². The van der Waals surface area contributed by atoms with Gasteiger partial charge in [-0.05, 0) is 101 Å². The summed E-state index contributed by atoms with van der Waals surface area (Å²) in [5, 5.41) is 33.9. The van der Waals surface area contributed by atoms with Gasteiger partial charge in [0.2, 0.25) is 5.79 Å². The third kappa shape index (κ3) is 13.4. The maximum absolute atomic E-state index is 14.6. The van der Waals surface area contributed by atoms with Gasteiger partial charge in [-0.15, -0.1) is 0 Å².